The van der Waals surface area contributed by atoms with Crippen molar-refractivity contribution in [1.82, 2.24) is 10.6 Å². The highest BCUT2D eigenvalue weighted by Gasteiger charge is 2.29. The number of hydrogen-bond donors (Lipinski definition) is 3. The molecule has 2 rings (SSSR count). The molecule has 19 heavy (non-hydrogen) atoms. The zero-order valence-corrected chi connectivity index (χ0v) is 12.0. The molecule has 0 aromatic rings. The number of aliphatic hydroxyl groups excluding tert-OH is 1. The highest BCUT2D eigenvalue weighted by molar-refractivity contribution is 5.81. The minimum Gasteiger partial charge on any atom is -0.396 e. The maximum atomic E-state index is 12.2. The Kier molecular flexibility index (Phi) is 5.64. The summed E-state index contributed by atoms with van der Waals surface area (Å²) in [5.74, 6) is 1.71. The van der Waals surface area contributed by atoms with Gasteiger partial charge in [0.25, 0.3) is 0 Å². The zero-order chi connectivity index (χ0) is 13.7. The lowest BCUT2D eigenvalue weighted by Crippen LogP contribution is -2.49. The molecule has 3 N–H and O–H groups in total. The minimum atomic E-state index is -0.00678. The molecule has 4 heteroatoms. The second kappa shape index (κ2) is 7.25. The Bertz CT molecular complexity index is 296. The zero-order valence-electron chi connectivity index (χ0n) is 12.0. The summed E-state index contributed by atoms with van der Waals surface area (Å²) in [6, 6.07) is -0.00678. The molecule has 0 aromatic carbocycles. The fraction of sp³-hybridized carbons (Fsp3) is 0.933. The predicted octanol–water partition coefficient (Wildman–Crippen LogP) is 1.29. The van der Waals surface area contributed by atoms with Gasteiger partial charge in [-0.25, -0.2) is 0 Å². The molecule has 0 bridgehead atoms. The van der Waals surface area contributed by atoms with E-state index in [1.807, 2.05) is 0 Å². The first-order chi connectivity index (χ1) is 9.24. The van der Waals surface area contributed by atoms with Crippen LogP contribution in [0.3, 0.4) is 0 Å². The van der Waals surface area contributed by atoms with Crippen LogP contribution >= 0.6 is 0 Å². The van der Waals surface area contributed by atoms with Crippen LogP contribution in [-0.4, -0.2) is 36.8 Å². The number of hydrogen-bond acceptors (Lipinski definition) is 3. The molecule has 1 aliphatic heterocycles. The van der Waals surface area contributed by atoms with Gasteiger partial charge in [0.1, 0.15) is 0 Å². The van der Waals surface area contributed by atoms with Gasteiger partial charge in [0.15, 0.2) is 0 Å². The fourth-order valence-corrected chi connectivity index (χ4v) is 3.54. The van der Waals surface area contributed by atoms with E-state index >= 15 is 0 Å². The molecule has 2 aliphatic rings. The van der Waals surface area contributed by atoms with Crippen molar-refractivity contribution in [3.05, 3.63) is 0 Å². The number of rotatable bonds is 5. The van der Waals surface area contributed by atoms with Crippen molar-refractivity contribution in [2.75, 3.05) is 19.7 Å². The van der Waals surface area contributed by atoms with E-state index in [-0.39, 0.29) is 18.6 Å². The lowest BCUT2D eigenvalue weighted by molar-refractivity contribution is -0.124. The molecular formula is C15H28N2O2. The van der Waals surface area contributed by atoms with Crippen LogP contribution in [0, 0.1) is 17.8 Å². The van der Waals surface area contributed by atoms with Gasteiger partial charge in [0.05, 0.1) is 6.04 Å². The van der Waals surface area contributed by atoms with E-state index in [4.69, 9.17) is 0 Å². The average molecular weight is 268 g/mol. The molecule has 1 heterocycles. The molecule has 0 spiro atoms. The number of aliphatic hydroxyl groups is 1. The third-order valence-electron chi connectivity index (χ3n) is 5.00. The normalized spacial score (nSPS) is 35.3. The third kappa shape index (κ3) is 3.93. The van der Waals surface area contributed by atoms with Gasteiger partial charge in [-0.05, 0) is 50.0 Å². The lowest BCUT2D eigenvalue weighted by Gasteiger charge is -2.29. The molecule has 1 saturated carbocycles. The van der Waals surface area contributed by atoms with E-state index in [0.29, 0.717) is 17.8 Å². The highest BCUT2D eigenvalue weighted by Crippen LogP contribution is 2.30. The van der Waals surface area contributed by atoms with Crippen LogP contribution in [0.5, 0.6) is 0 Å². The standard InChI is InChI=1S/C15H28N2O2/c1-2-11-6-7-16-14(8-11)15(19)17-9-12-4-3-5-13(12)10-18/h11-14,16,18H,2-10H2,1H3,(H,17,19). The average Bonchev–Trinajstić information content (AvgIpc) is 2.92. The van der Waals surface area contributed by atoms with Crippen LogP contribution in [0.2, 0.25) is 0 Å². The van der Waals surface area contributed by atoms with Crippen LogP contribution < -0.4 is 10.6 Å². The molecule has 1 amide bonds. The van der Waals surface area contributed by atoms with E-state index in [0.717, 1.165) is 32.4 Å². The van der Waals surface area contributed by atoms with E-state index < -0.39 is 0 Å². The van der Waals surface area contributed by atoms with Gasteiger partial charge in [-0.1, -0.05) is 19.8 Å². The summed E-state index contributed by atoms with van der Waals surface area (Å²) in [4.78, 5) is 12.2. The Morgan fingerprint density at radius 1 is 1.32 bits per heavy atom. The van der Waals surface area contributed by atoms with E-state index in [1.165, 1.54) is 19.3 Å². The summed E-state index contributed by atoms with van der Waals surface area (Å²) in [5.41, 5.74) is 0. The summed E-state index contributed by atoms with van der Waals surface area (Å²) in [6.45, 7) is 4.16. The number of carbonyl (C=O) groups is 1. The van der Waals surface area contributed by atoms with Crippen LogP contribution in [0.4, 0.5) is 0 Å². The molecule has 0 aromatic heterocycles. The van der Waals surface area contributed by atoms with Crippen molar-refractivity contribution >= 4 is 5.91 Å². The predicted molar refractivity (Wildman–Crippen MR) is 75.7 cm³/mol. The molecular weight excluding hydrogens is 240 g/mol. The first kappa shape index (κ1) is 14.8. The van der Waals surface area contributed by atoms with Gasteiger partial charge in [-0.15, -0.1) is 0 Å². The summed E-state index contributed by atoms with van der Waals surface area (Å²) in [5, 5.41) is 15.7. The first-order valence-electron chi connectivity index (χ1n) is 7.86. The van der Waals surface area contributed by atoms with Crippen molar-refractivity contribution in [3.63, 3.8) is 0 Å². The minimum absolute atomic E-state index is 0.00678. The maximum absolute atomic E-state index is 12.2. The Morgan fingerprint density at radius 3 is 2.84 bits per heavy atom. The maximum Gasteiger partial charge on any atom is 0.237 e. The van der Waals surface area contributed by atoms with Crippen molar-refractivity contribution < 1.29 is 9.90 Å². The number of carbonyl (C=O) groups excluding carboxylic acids is 1. The molecule has 1 saturated heterocycles. The Labute approximate surface area is 116 Å². The number of piperidine rings is 1. The quantitative estimate of drug-likeness (QED) is 0.704. The SMILES string of the molecule is CCC1CCNC(C(=O)NCC2CCCC2CO)C1. The Hall–Kier alpha value is -0.610. The molecule has 110 valence electrons. The van der Waals surface area contributed by atoms with E-state index in [1.54, 1.807) is 0 Å². The van der Waals surface area contributed by atoms with Gasteiger partial charge in [0, 0.05) is 13.2 Å². The molecule has 1 aliphatic carbocycles. The smallest absolute Gasteiger partial charge is 0.237 e. The number of nitrogens with one attached hydrogen (secondary N) is 2. The third-order valence-corrected chi connectivity index (χ3v) is 5.00. The van der Waals surface area contributed by atoms with Gasteiger partial charge in [-0.2, -0.15) is 0 Å². The molecule has 4 nitrogen and oxygen atoms in total. The van der Waals surface area contributed by atoms with E-state index in [2.05, 4.69) is 17.6 Å². The number of amides is 1. The van der Waals surface area contributed by atoms with Gasteiger partial charge in [0.2, 0.25) is 5.91 Å². The van der Waals surface area contributed by atoms with Crippen LogP contribution in [-0.2, 0) is 4.79 Å². The second-order valence-electron chi connectivity index (χ2n) is 6.18. The van der Waals surface area contributed by atoms with Gasteiger partial charge < -0.3 is 15.7 Å². The van der Waals surface area contributed by atoms with Crippen molar-refractivity contribution in [3.8, 4) is 0 Å². The van der Waals surface area contributed by atoms with Crippen molar-refractivity contribution in [1.29, 1.82) is 0 Å². The molecule has 2 fully saturated rings. The van der Waals surface area contributed by atoms with Crippen LogP contribution in [0.25, 0.3) is 0 Å². The molecule has 0 radical (unpaired) electrons. The first-order valence-corrected chi connectivity index (χ1v) is 7.86. The van der Waals surface area contributed by atoms with Crippen LogP contribution in [0.15, 0.2) is 0 Å². The van der Waals surface area contributed by atoms with Gasteiger partial charge >= 0.3 is 0 Å². The summed E-state index contributed by atoms with van der Waals surface area (Å²) in [7, 11) is 0. The van der Waals surface area contributed by atoms with Crippen LogP contribution in [0.1, 0.15) is 45.4 Å². The second-order valence-corrected chi connectivity index (χ2v) is 6.18. The fourth-order valence-electron chi connectivity index (χ4n) is 3.54. The summed E-state index contributed by atoms with van der Waals surface area (Å²) in [6.07, 6.45) is 6.76. The topological polar surface area (TPSA) is 61.4 Å². The monoisotopic (exact) mass is 268 g/mol. The van der Waals surface area contributed by atoms with Crippen molar-refractivity contribution in [2.24, 2.45) is 17.8 Å². The largest absolute Gasteiger partial charge is 0.396 e. The Balaban J connectivity index is 1.74. The Morgan fingerprint density at radius 2 is 2.11 bits per heavy atom. The van der Waals surface area contributed by atoms with Crippen molar-refractivity contribution in [2.45, 2.75) is 51.5 Å². The van der Waals surface area contributed by atoms with E-state index in [9.17, 15) is 9.90 Å². The molecule has 4 atom stereocenters. The summed E-state index contributed by atoms with van der Waals surface area (Å²) >= 11 is 0. The van der Waals surface area contributed by atoms with Gasteiger partial charge in [-0.3, -0.25) is 4.79 Å². The molecule has 4 unspecified atom stereocenters. The summed E-state index contributed by atoms with van der Waals surface area (Å²) < 4.78 is 0. The lowest BCUT2D eigenvalue weighted by atomic mass is 9.90. The highest BCUT2D eigenvalue weighted by atomic mass is 16.3.